The van der Waals surface area contributed by atoms with Crippen molar-refractivity contribution in [3.05, 3.63) is 48.0 Å². The third-order valence-electron chi connectivity index (χ3n) is 2.21. The lowest BCUT2D eigenvalue weighted by Crippen LogP contribution is -2.07. The van der Waals surface area contributed by atoms with Crippen LogP contribution < -0.4 is 10.5 Å². The molecule has 3 nitrogen and oxygen atoms in total. The molecule has 0 aliphatic rings. The molecule has 0 aliphatic heterocycles. The standard InChI is InChI=1S/C12H8F4N2O/c13-9-5-7(17)1-3-10(9)19-8-2-4-11(18-6-8)12(14,15)16/h1-6H,17H2. The monoisotopic (exact) mass is 272 g/mol. The zero-order valence-corrected chi connectivity index (χ0v) is 9.41. The largest absolute Gasteiger partial charge is 0.453 e. The number of nitrogen functional groups attached to an aromatic ring is 1. The summed E-state index contributed by atoms with van der Waals surface area (Å²) in [6, 6.07) is 5.56. The van der Waals surface area contributed by atoms with Crippen LogP contribution in [0.3, 0.4) is 0 Å². The second kappa shape index (κ2) is 4.75. The van der Waals surface area contributed by atoms with Crippen LogP contribution in [0, 0.1) is 5.82 Å². The van der Waals surface area contributed by atoms with Crippen LogP contribution in [0.2, 0.25) is 0 Å². The number of anilines is 1. The summed E-state index contributed by atoms with van der Waals surface area (Å²) in [6.07, 6.45) is -3.65. The minimum atomic E-state index is -4.52. The van der Waals surface area contributed by atoms with E-state index in [-0.39, 0.29) is 17.2 Å². The molecule has 0 radical (unpaired) electrons. The van der Waals surface area contributed by atoms with Crippen LogP contribution >= 0.6 is 0 Å². The van der Waals surface area contributed by atoms with Crippen LogP contribution in [0.25, 0.3) is 0 Å². The molecule has 2 N–H and O–H groups in total. The maximum atomic E-state index is 13.4. The quantitative estimate of drug-likeness (QED) is 0.671. The number of nitrogens with zero attached hydrogens (tertiary/aromatic N) is 1. The van der Waals surface area contributed by atoms with Gasteiger partial charge in [-0.2, -0.15) is 13.2 Å². The number of halogens is 4. The summed E-state index contributed by atoms with van der Waals surface area (Å²) in [7, 11) is 0. The average Bonchev–Trinajstić information content (AvgIpc) is 2.32. The zero-order valence-electron chi connectivity index (χ0n) is 9.41. The van der Waals surface area contributed by atoms with Crippen molar-refractivity contribution >= 4 is 5.69 Å². The van der Waals surface area contributed by atoms with Gasteiger partial charge in [-0.15, -0.1) is 0 Å². The van der Waals surface area contributed by atoms with Crippen LogP contribution in [0.4, 0.5) is 23.2 Å². The van der Waals surface area contributed by atoms with Gasteiger partial charge in [0.1, 0.15) is 11.4 Å². The van der Waals surface area contributed by atoms with Gasteiger partial charge in [-0.3, -0.25) is 0 Å². The van der Waals surface area contributed by atoms with E-state index in [1.54, 1.807) is 0 Å². The van der Waals surface area contributed by atoms with Crippen LogP contribution in [-0.4, -0.2) is 4.98 Å². The predicted octanol–water partition coefficient (Wildman–Crippen LogP) is 3.61. The number of pyridine rings is 1. The van der Waals surface area contributed by atoms with Gasteiger partial charge in [-0.1, -0.05) is 0 Å². The maximum Gasteiger partial charge on any atom is 0.433 e. The maximum absolute atomic E-state index is 13.4. The van der Waals surface area contributed by atoms with Crippen molar-refractivity contribution in [2.75, 3.05) is 5.73 Å². The number of hydrogen-bond acceptors (Lipinski definition) is 3. The molecule has 1 aromatic carbocycles. The Labute approximate surface area is 105 Å². The highest BCUT2D eigenvalue weighted by molar-refractivity contribution is 5.44. The first-order valence-electron chi connectivity index (χ1n) is 5.12. The summed E-state index contributed by atoms with van der Waals surface area (Å²) >= 11 is 0. The Morgan fingerprint density at radius 3 is 2.37 bits per heavy atom. The van der Waals surface area contributed by atoms with Gasteiger partial charge in [-0.05, 0) is 24.3 Å². The SMILES string of the molecule is Nc1ccc(Oc2ccc(C(F)(F)F)nc2)c(F)c1. The molecule has 2 aromatic rings. The van der Waals surface area contributed by atoms with Crippen molar-refractivity contribution in [1.82, 2.24) is 4.98 Å². The van der Waals surface area contributed by atoms with E-state index in [1.807, 2.05) is 0 Å². The Morgan fingerprint density at radius 1 is 1.11 bits per heavy atom. The molecule has 1 heterocycles. The van der Waals surface area contributed by atoms with Crippen LogP contribution in [0.15, 0.2) is 36.5 Å². The third kappa shape index (κ3) is 3.12. The Bertz CT molecular complexity index is 581. The first-order chi connectivity index (χ1) is 8.86. The Hall–Kier alpha value is -2.31. The molecule has 0 saturated heterocycles. The number of ether oxygens (including phenoxy) is 1. The van der Waals surface area contributed by atoms with E-state index >= 15 is 0 Å². The molecule has 19 heavy (non-hydrogen) atoms. The predicted molar refractivity (Wildman–Crippen MR) is 60.1 cm³/mol. The van der Waals surface area contributed by atoms with E-state index in [1.165, 1.54) is 12.1 Å². The minimum Gasteiger partial charge on any atom is -0.453 e. The molecule has 0 amide bonds. The molecule has 0 atom stereocenters. The first-order valence-corrected chi connectivity index (χ1v) is 5.12. The second-order valence-electron chi connectivity index (χ2n) is 3.67. The van der Waals surface area contributed by atoms with Gasteiger partial charge in [0.05, 0.1) is 6.20 Å². The molecular weight excluding hydrogens is 264 g/mol. The Morgan fingerprint density at radius 2 is 1.84 bits per heavy atom. The zero-order chi connectivity index (χ0) is 14.0. The van der Waals surface area contributed by atoms with Crippen LogP contribution in [0.5, 0.6) is 11.5 Å². The van der Waals surface area contributed by atoms with Gasteiger partial charge < -0.3 is 10.5 Å². The van der Waals surface area contributed by atoms with Gasteiger partial charge in [0.25, 0.3) is 0 Å². The summed E-state index contributed by atoms with van der Waals surface area (Å²) in [5, 5.41) is 0. The van der Waals surface area contributed by atoms with Gasteiger partial charge in [0.2, 0.25) is 0 Å². The molecular formula is C12H8F4N2O. The molecule has 0 spiro atoms. The second-order valence-corrected chi connectivity index (χ2v) is 3.67. The van der Waals surface area contributed by atoms with Crippen molar-refractivity contribution in [2.24, 2.45) is 0 Å². The highest BCUT2D eigenvalue weighted by atomic mass is 19.4. The van der Waals surface area contributed by atoms with Crippen molar-refractivity contribution in [2.45, 2.75) is 6.18 Å². The summed E-state index contributed by atoms with van der Waals surface area (Å²) in [5.41, 5.74) is 4.53. The smallest absolute Gasteiger partial charge is 0.433 e. The van der Waals surface area contributed by atoms with Gasteiger partial charge in [0.15, 0.2) is 11.6 Å². The molecule has 100 valence electrons. The third-order valence-corrected chi connectivity index (χ3v) is 2.21. The fourth-order valence-corrected chi connectivity index (χ4v) is 1.34. The molecule has 1 aromatic heterocycles. The summed E-state index contributed by atoms with van der Waals surface area (Å²) in [6.45, 7) is 0. The van der Waals surface area contributed by atoms with E-state index in [0.29, 0.717) is 0 Å². The minimum absolute atomic E-state index is 0.00308. The summed E-state index contributed by atoms with van der Waals surface area (Å²) in [4.78, 5) is 3.20. The highest BCUT2D eigenvalue weighted by Crippen LogP contribution is 2.30. The molecule has 0 fully saturated rings. The number of hydrogen-bond donors (Lipinski definition) is 1. The van der Waals surface area contributed by atoms with Crippen molar-refractivity contribution < 1.29 is 22.3 Å². The van der Waals surface area contributed by atoms with E-state index < -0.39 is 17.7 Å². The van der Waals surface area contributed by atoms with Crippen LogP contribution in [0.1, 0.15) is 5.69 Å². The number of nitrogens with two attached hydrogens (primary N) is 1. The van der Waals surface area contributed by atoms with Gasteiger partial charge in [0, 0.05) is 11.8 Å². The van der Waals surface area contributed by atoms with E-state index in [9.17, 15) is 17.6 Å². The highest BCUT2D eigenvalue weighted by Gasteiger charge is 2.32. The lowest BCUT2D eigenvalue weighted by Gasteiger charge is -2.09. The summed E-state index contributed by atoms with van der Waals surface area (Å²) in [5.74, 6) is -0.854. The topological polar surface area (TPSA) is 48.1 Å². The van der Waals surface area contributed by atoms with Gasteiger partial charge >= 0.3 is 6.18 Å². The summed E-state index contributed by atoms with van der Waals surface area (Å²) < 4.78 is 55.3. The average molecular weight is 272 g/mol. The number of alkyl halides is 3. The molecule has 0 unspecified atom stereocenters. The van der Waals surface area contributed by atoms with Crippen molar-refractivity contribution in [3.63, 3.8) is 0 Å². The molecule has 0 bridgehead atoms. The van der Waals surface area contributed by atoms with Gasteiger partial charge in [-0.25, -0.2) is 9.37 Å². The lowest BCUT2D eigenvalue weighted by atomic mass is 10.3. The van der Waals surface area contributed by atoms with E-state index in [4.69, 9.17) is 10.5 Å². The normalized spacial score (nSPS) is 11.4. The molecule has 7 heteroatoms. The first kappa shape index (κ1) is 13.1. The number of rotatable bonds is 2. The van der Waals surface area contributed by atoms with Crippen LogP contribution in [-0.2, 0) is 6.18 Å². The fourth-order valence-electron chi connectivity index (χ4n) is 1.34. The van der Waals surface area contributed by atoms with Crippen molar-refractivity contribution in [1.29, 1.82) is 0 Å². The Balaban J connectivity index is 2.20. The molecule has 2 rings (SSSR count). The Kier molecular flexibility index (Phi) is 3.28. The number of benzene rings is 1. The van der Waals surface area contributed by atoms with E-state index in [0.717, 1.165) is 24.4 Å². The molecule has 0 aliphatic carbocycles. The van der Waals surface area contributed by atoms with Crippen molar-refractivity contribution in [3.8, 4) is 11.5 Å². The fraction of sp³-hybridized carbons (Fsp3) is 0.0833. The lowest BCUT2D eigenvalue weighted by molar-refractivity contribution is -0.141. The number of aromatic nitrogens is 1. The molecule has 0 saturated carbocycles. The van der Waals surface area contributed by atoms with E-state index in [2.05, 4.69) is 4.98 Å².